The van der Waals surface area contributed by atoms with E-state index >= 15 is 0 Å². The van der Waals surface area contributed by atoms with Crippen LogP contribution >= 0.6 is 0 Å². The minimum atomic E-state index is 0. The van der Waals surface area contributed by atoms with Gasteiger partial charge in [0.05, 0.1) is 0 Å². The molecule has 242 valence electrons. The fourth-order valence-electron chi connectivity index (χ4n) is 0.167. The second-order valence-electron chi connectivity index (χ2n) is 1.68. The predicted molar refractivity (Wildman–Crippen MR) is 195 cm³/mol. The lowest BCUT2D eigenvalue weighted by atomic mass is 10.5. The van der Waals surface area contributed by atoms with Crippen molar-refractivity contribution in [2.75, 3.05) is 0 Å². The molecule has 0 aromatic carbocycles. The molecule has 0 amide bonds. The highest BCUT2D eigenvalue weighted by atomic mass is 14.2. The molecule has 0 spiro atoms. The van der Waals surface area contributed by atoms with Crippen LogP contribution in [0.5, 0.6) is 0 Å². The summed E-state index contributed by atoms with van der Waals surface area (Å²) >= 11 is 0. The molecule has 0 aromatic heterocycles. The molecule has 0 aliphatic heterocycles. The zero-order chi connectivity index (χ0) is 33.0. The van der Waals surface area contributed by atoms with E-state index < -0.39 is 0 Å². The molecule has 1 aliphatic carbocycles. The highest BCUT2D eigenvalue weighted by Gasteiger charge is 2.12. The number of hydrogen-bond donors (Lipinski definition) is 0. The van der Waals surface area contributed by atoms with Crippen molar-refractivity contribution < 1.29 is 0 Å². The molecule has 0 saturated heterocycles. The Morgan fingerprint density at radius 2 is 0.257 bits per heavy atom. The zero-order valence-electron chi connectivity index (χ0n) is 33.0. The first kappa shape index (κ1) is 112. The van der Waals surface area contributed by atoms with Crippen molar-refractivity contribution in [2.24, 2.45) is 5.92 Å². The fourth-order valence-corrected chi connectivity index (χ4v) is 0.167. The molecule has 0 nitrogen and oxygen atoms in total. The summed E-state index contributed by atoms with van der Waals surface area (Å²) in [4.78, 5) is 0. The Bertz CT molecular complexity index is 19.2. The monoisotopic (exact) mass is 523 g/mol. The maximum Gasteiger partial charge on any atom is -0.0443 e. The van der Waals surface area contributed by atoms with Crippen LogP contribution in [0.25, 0.3) is 0 Å². The van der Waals surface area contributed by atoms with E-state index in [0.717, 1.165) is 5.92 Å². The second-order valence-corrected chi connectivity index (χ2v) is 1.68. The summed E-state index contributed by atoms with van der Waals surface area (Å²) < 4.78 is 0. The SMILES string of the molecule is C.CC.CC.CC.CC.CC.CC.CC.CC.CC.CC.CC.CC.CC.CC.CC.CC1CC1. The maximum atomic E-state index is 2.28. The third-order valence-electron chi connectivity index (χ3n) is 0.866. The molecular weight excluding hydrogens is 420 g/mol. The van der Waals surface area contributed by atoms with Crippen LogP contribution < -0.4 is 0 Å². The minimum Gasteiger partial charge on any atom is -0.0776 e. The normalized spacial score (nSPS) is 5.57. The van der Waals surface area contributed by atoms with Crippen LogP contribution in [0.2, 0.25) is 0 Å². The van der Waals surface area contributed by atoms with Gasteiger partial charge in [-0.25, -0.2) is 0 Å². The van der Waals surface area contributed by atoms with Crippen molar-refractivity contribution in [1.82, 2.24) is 0 Å². The van der Waals surface area contributed by atoms with Crippen molar-refractivity contribution >= 4 is 0 Å². The first-order chi connectivity index (χ1) is 16.9. The Morgan fingerprint density at radius 3 is 0.257 bits per heavy atom. The molecule has 1 aliphatic rings. The highest BCUT2D eigenvalue weighted by molar-refractivity contribution is 4.65. The molecule has 0 atom stereocenters. The lowest BCUT2D eigenvalue weighted by Crippen LogP contribution is -1.42. The van der Waals surface area contributed by atoms with Gasteiger partial charge in [-0.1, -0.05) is 235 Å². The molecule has 1 fully saturated rings. The Labute approximate surface area is 240 Å². The molecule has 0 aromatic rings. The standard InChI is InChI=1S/C4H8.15C2H6.CH4/c1-4-2-3-4;15*1-2;/h4H,2-3H2,1H3;15*1-2H3;1H4. The molecule has 0 N–H and O–H groups in total. The van der Waals surface area contributed by atoms with Crippen LogP contribution in [0.15, 0.2) is 0 Å². The van der Waals surface area contributed by atoms with Gasteiger partial charge in [-0.2, -0.15) is 0 Å². The first-order valence-electron chi connectivity index (χ1n) is 16.9. The van der Waals surface area contributed by atoms with E-state index in [9.17, 15) is 0 Å². The summed E-state index contributed by atoms with van der Waals surface area (Å²) in [6, 6.07) is 0. The number of hydrogen-bond acceptors (Lipinski definition) is 0. The third kappa shape index (κ3) is 3870. The van der Waals surface area contributed by atoms with Crippen molar-refractivity contribution in [3.05, 3.63) is 0 Å². The summed E-state index contributed by atoms with van der Waals surface area (Å²) in [6.07, 6.45) is 2.97. The molecular formula is C35H102. The van der Waals surface area contributed by atoms with Crippen molar-refractivity contribution in [1.29, 1.82) is 0 Å². The quantitative estimate of drug-likeness (QED) is 0.296. The van der Waals surface area contributed by atoms with Gasteiger partial charge in [-0.05, 0) is 5.92 Å². The summed E-state index contributed by atoms with van der Waals surface area (Å²) in [5.41, 5.74) is 0. The van der Waals surface area contributed by atoms with E-state index in [0.29, 0.717) is 0 Å². The van der Waals surface area contributed by atoms with Gasteiger partial charge in [0.2, 0.25) is 0 Å². The minimum absolute atomic E-state index is 0. The third-order valence-corrected chi connectivity index (χ3v) is 0.866. The molecule has 0 heteroatoms. The van der Waals surface area contributed by atoms with E-state index in [2.05, 4.69) is 6.92 Å². The van der Waals surface area contributed by atoms with E-state index in [1.807, 2.05) is 208 Å². The van der Waals surface area contributed by atoms with Gasteiger partial charge in [0.1, 0.15) is 0 Å². The van der Waals surface area contributed by atoms with Crippen LogP contribution in [-0.2, 0) is 0 Å². The Kier molecular flexibility index (Phi) is 4740. The summed E-state index contributed by atoms with van der Waals surface area (Å²) in [5, 5.41) is 0. The molecule has 1 rings (SSSR count). The van der Waals surface area contributed by atoms with E-state index in [4.69, 9.17) is 0 Å². The molecule has 0 heterocycles. The van der Waals surface area contributed by atoms with Crippen LogP contribution in [-0.4, -0.2) is 0 Å². The van der Waals surface area contributed by atoms with Gasteiger partial charge in [-0.15, -0.1) is 0 Å². The van der Waals surface area contributed by atoms with Crippen LogP contribution in [0.4, 0.5) is 0 Å². The van der Waals surface area contributed by atoms with Crippen molar-refractivity contribution in [3.63, 3.8) is 0 Å². The summed E-state index contributed by atoms with van der Waals surface area (Å²) in [6.45, 7) is 62.3. The highest BCUT2D eigenvalue weighted by Crippen LogP contribution is 2.26. The zero-order valence-corrected chi connectivity index (χ0v) is 33.0. The Morgan fingerprint density at radius 1 is 0.229 bits per heavy atom. The second kappa shape index (κ2) is 1480. The molecule has 0 unspecified atom stereocenters. The van der Waals surface area contributed by atoms with Crippen LogP contribution in [0, 0.1) is 5.92 Å². The van der Waals surface area contributed by atoms with Crippen molar-refractivity contribution in [3.8, 4) is 0 Å². The maximum absolute atomic E-state index is 2.28. The topological polar surface area (TPSA) is 0 Å². The van der Waals surface area contributed by atoms with Gasteiger partial charge in [0.25, 0.3) is 0 Å². The average Bonchev–Trinajstić information content (AvgIpc) is 3.86. The molecule has 35 heavy (non-hydrogen) atoms. The summed E-state index contributed by atoms with van der Waals surface area (Å²) in [5.74, 6) is 1.08. The average molecular weight is 523 g/mol. The van der Waals surface area contributed by atoms with E-state index in [-0.39, 0.29) is 7.43 Å². The Balaban J connectivity index is -0.00000000792. The van der Waals surface area contributed by atoms with Gasteiger partial charge in [-0.3, -0.25) is 0 Å². The van der Waals surface area contributed by atoms with E-state index in [1.165, 1.54) is 12.8 Å². The van der Waals surface area contributed by atoms with Gasteiger partial charge >= 0.3 is 0 Å². The molecule has 0 radical (unpaired) electrons. The summed E-state index contributed by atoms with van der Waals surface area (Å²) in [7, 11) is 0. The fraction of sp³-hybridized carbons (Fsp3) is 1.00. The van der Waals surface area contributed by atoms with Gasteiger partial charge in [0, 0.05) is 0 Å². The molecule has 0 bridgehead atoms. The smallest absolute Gasteiger partial charge is 0.0443 e. The van der Waals surface area contributed by atoms with Crippen molar-refractivity contribution in [2.45, 2.75) is 235 Å². The largest absolute Gasteiger partial charge is 0.0776 e. The van der Waals surface area contributed by atoms with Gasteiger partial charge < -0.3 is 0 Å². The van der Waals surface area contributed by atoms with Crippen LogP contribution in [0.1, 0.15) is 235 Å². The lowest BCUT2D eigenvalue weighted by Gasteiger charge is -1.53. The first-order valence-corrected chi connectivity index (χ1v) is 16.9. The number of rotatable bonds is 0. The predicted octanol–water partition coefficient (Wildman–Crippen LogP) is 17.4. The van der Waals surface area contributed by atoms with E-state index in [1.54, 1.807) is 0 Å². The van der Waals surface area contributed by atoms with Crippen LogP contribution in [0.3, 0.4) is 0 Å². The lowest BCUT2D eigenvalue weighted by molar-refractivity contribution is 0.983. The van der Waals surface area contributed by atoms with Gasteiger partial charge in [0.15, 0.2) is 0 Å². The Hall–Kier alpha value is 0. The molecule has 1 saturated carbocycles.